The molecule has 0 bridgehead atoms. The molecular weight excluding hydrogens is 232 g/mol. The Kier molecular flexibility index (Phi) is 3.43. The van der Waals surface area contributed by atoms with Gasteiger partial charge in [0.2, 0.25) is 0 Å². The molecule has 94 valence electrons. The van der Waals surface area contributed by atoms with E-state index >= 15 is 0 Å². The van der Waals surface area contributed by atoms with Crippen LogP contribution < -0.4 is 0 Å². The van der Waals surface area contributed by atoms with Gasteiger partial charge >= 0.3 is 5.97 Å². The quantitative estimate of drug-likeness (QED) is 0.850. The van der Waals surface area contributed by atoms with Crippen molar-refractivity contribution >= 4 is 5.97 Å². The third-order valence-corrected chi connectivity index (χ3v) is 2.75. The first kappa shape index (κ1) is 12.3. The van der Waals surface area contributed by atoms with Crippen LogP contribution in [0.1, 0.15) is 27.3 Å². The number of aliphatic hydroxyl groups is 1. The summed E-state index contributed by atoms with van der Waals surface area (Å²) in [7, 11) is 1.80. The van der Waals surface area contributed by atoms with Gasteiger partial charge in [-0.05, 0) is 23.8 Å². The van der Waals surface area contributed by atoms with Gasteiger partial charge in [0.05, 0.1) is 17.9 Å². The minimum Gasteiger partial charge on any atom is -0.478 e. The largest absolute Gasteiger partial charge is 0.478 e. The topological polar surface area (TPSA) is 75.3 Å². The second-order valence-electron chi connectivity index (χ2n) is 4.09. The lowest BCUT2D eigenvalue weighted by Gasteiger charge is -2.03. The number of carboxylic acid groups (broad SMARTS) is 1. The van der Waals surface area contributed by atoms with Crippen LogP contribution in [-0.4, -0.2) is 26.0 Å². The molecule has 0 aliphatic rings. The number of hydrogen-bond acceptors (Lipinski definition) is 3. The summed E-state index contributed by atoms with van der Waals surface area (Å²) < 4.78 is 1.69. The number of benzene rings is 1. The first-order valence-corrected chi connectivity index (χ1v) is 5.55. The molecule has 1 aromatic heterocycles. The van der Waals surface area contributed by atoms with Gasteiger partial charge in [-0.2, -0.15) is 5.10 Å². The molecule has 2 N–H and O–H groups in total. The minimum atomic E-state index is -0.932. The SMILES string of the molecule is Cn1nc(CO)cc1Cc1cccc(C(=O)O)c1. The van der Waals surface area contributed by atoms with E-state index in [0.29, 0.717) is 12.1 Å². The number of nitrogens with zero attached hydrogens (tertiary/aromatic N) is 2. The molecule has 5 nitrogen and oxygen atoms in total. The summed E-state index contributed by atoms with van der Waals surface area (Å²) in [5.74, 6) is -0.932. The van der Waals surface area contributed by atoms with E-state index in [2.05, 4.69) is 5.10 Å². The molecule has 1 aromatic carbocycles. The number of aromatic carboxylic acids is 1. The molecular formula is C13H14N2O3. The zero-order valence-corrected chi connectivity index (χ0v) is 10.00. The lowest BCUT2D eigenvalue weighted by atomic mass is 10.1. The molecule has 2 rings (SSSR count). The number of aromatic nitrogens is 2. The summed E-state index contributed by atoms with van der Waals surface area (Å²) in [5, 5.41) is 22.1. The first-order chi connectivity index (χ1) is 8.60. The van der Waals surface area contributed by atoms with Crippen molar-refractivity contribution in [2.24, 2.45) is 7.05 Å². The Labute approximate surface area is 104 Å². The van der Waals surface area contributed by atoms with Gasteiger partial charge in [0.1, 0.15) is 0 Å². The molecule has 0 spiro atoms. The molecule has 2 aromatic rings. The molecule has 0 amide bonds. The average molecular weight is 246 g/mol. The maximum atomic E-state index is 10.9. The molecule has 1 heterocycles. The molecule has 0 radical (unpaired) electrons. The number of aliphatic hydroxyl groups excluding tert-OH is 1. The van der Waals surface area contributed by atoms with Gasteiger partial charge in [-0.1, -0.05) is 12.1 Å². The van der Waals surface area contributed by atoms with Crippen molar-refractivity contribution in [1.29, 1.82) is 0 Å². The van der Waals surface area contributed by atoms with E-state index in [4.69, 9.17) is 10.2 Å². The summed E-state index contributed by atoms with van der Waals surface area (Å²) >= 11 is 0. The van der Waals surface area contributed by atoms with E-state index in [1.807, 2.05) is 12.1 Å². The molecule has 0 aliphatic carbocycles. The lowest BCUT2D eigenvalue weighted by Crippen LogP contribution is -2.01. The molecule has 0 saturated heterocycles. The fourth-order valence-electron chi connectivity index (χ4n) is 1.84. The third kappa shape index (κ3) is 2.57. The Hall–Kier alpha value is -2.14. The molecule has 5 heteroatoms. The van der Waals surface area contributed by atoms with Crippen molar-refractivity contribution in [2.75, 3.05) is 0 Å². The normalized spacial score (nSPS) is 10.6. The molecule has 18 heavy (non-hydrogen) atoms. The first-order valence-electron chi connectivity index (χ1n) is 5.55. The van der Waals surface area contributed by atoms with E-state index in [1.54, 1.807) is 29.9 Å². The zero-order valence-electron chi connectivity index (χ0n) is 10.00. The van der Waals surface area contributed by atoms with Crippen LogP contribution in [0.2, 0.25) is 0 Å². The second kappa shape index (κ2) is 5.01. The van der Waals surface area contributed by atoms with Crippen LogP contribution in [0.3, 0.4) is 0 Å². The van der Waals surface area contributed by atoms with Crippen molar-refractivity contribution in [3.05, 3.63) is 52.8 Å². The number of carboxylic acids is 1. The Bertz CT molecular complexity index is 575. The standard InChI is InChI=1S/C13H14N2O3/c1-15-12(7-11(8-16)14-15)6-9-3-2-4-10(5-9)13(17)18/h2-5,7,16H,6,8H2,1H3,(H,17,18). The molecule has 0 atom stereocenters. The summed E-state index contributed by atoms with van der Waals surface area (Å²) in [6, 6.07) is 8.62. The van der Waals surface area contributed by atoms with Crippen molar-refractivity contribution in [2.45, 2.75) is 13.0 Å². The van der Waals surface area contributed by atoms with Crippen molar-refractivity contribution < 1.29 is 15.0 Å². The van der Waals surface area contributed by atoms with Crippen LogP contribution in [0, 0.1) is 0 Å². The highest BCUT2D eigenvalue weighted by Gasteiger charge is 2.07. The number of hydrogen-bond donors (Lipinski definition) is 2. The Morgan fingerprint density at radius 2 is 2.17 bits per heavy atom. The Morgan fingerprint density at radius 3 is 2.78 bits per heavy atom. The van der Waals surface area contributed by atoms with E-state index < -0.39 is 5.97 Å². The minimum absolute atomic E-state index is 0.0942. The fraction of sp³-hybridized carbons (Fsp3) is 0.231. The Morgan fingerprint density at radius 1 is 1.39 bits per heavy atom. The van der Waals surface area contributed by atoms with Crippen molar-refractivity contribution in [1.82, 2.24) is 9.78 Å². The van der Waals surface area contributed by atoms with Gasteiger partial charge in [0.15, 0.2) is 0 Å². The molecule has 0 saturated carbocycles. The van der Waals surface area contributed by atoms with E-state index in [1.165, 1.54) is 0 Å². The Balaban J connectivity index is 2.25. The zero-order chi connectivity index (χ0) is 13.1. The van der Waals surface area contributed by atoms with Gasteiger partial charge in [0.25, 0.3) is 0 Å². The van der Waals surface area contributed by atoms with Crippen LogP contribution in [-0.2, 0) is 20.1 Å². The highest BCUT2D eigenvalue weighted by Crippen LogP contribution is 2.12. The molecule has 0 fully saturated rings. The van der Waals surface area contributed by atoms with Crippen LogP contribution in [0.5, 0.6) is 0 Å². The molecule has 0 aliphatic heterocycles. The number of aryl methyl sites for hydroxylation is 1. The van der Waals surface area contributed by atoms with E-state index in [9.17, 15) is 4.79 Å². The van der Waals surface area contributed by atoms with Gasteiger partial charge < -0.3 is 10.2 Å². The highest BCUT2D eigenvalue weighted by atomic mass is 16.4. The predicted molar refractivity (Wildman–Crippen MR) is 65.3 cm³/mol. The second-order valence-corrected chi connectivity index (χ2v) is 4.09. The van der Waals surface area contributed by atoms with Crippen LogP contribution >= 0.6 is 0 Å². The van der Waals surface area contributed by atoms with Crippen LogP contribution in [0.15, 0.2) is 30.3 Å². The monoisotopic (exact) mass is 246 g/mol. The summed E-state index contributed by atoms with van der Waals surface area (Å²) in [4.78, 5) is 10.9. The maximum Gasteiger partial charge on any atom is 0.335 e. The van der Waals surface area contributed by atoms with Crippen LogP contribution in [0.25, 0.3) is 0 Å². The van der Waals surface area contributed by atoms with Crippen molar-refractivity contribution in [3.63, 3.8) is 0 Å². The van der Waals surface area contributed by atoms with E-state index in [0.717, 1.165) is 11.3 Å². The van der Waals surface area contributed by atoms with Gasteiger partial charge in [-0.15, -0.1) is 0 Å². The van der Waals surface area contributed by atoms with Gasteiger partial charge in [-0.25, -0.2) is 4.79 Å². The number of carbonyl (C=O) groups is 1. The summed E-state index contributed by atoms with van der Waals surface area (Å²) in [6.07, 6.45) is 0.588. The highest BCUT2D eigenvalue weighted by molar-refractivity contribution is 5.87. The lowest BCUT2D eigenvalue weighted by molar-refractivity contribution is 0.0696. The predicted octanol–water partition coefficient (Wildman–Crippen LogP) is 1.20. The molecule has 0 unspecified atom stereocenters. The third-order valence-electron chi connectivity index (χ3n) is 2.75. The summed E-state index contributed by atoms with van der Waals surface area (Å²) in [5.41, 5.74) is 2.72. The number of rotatable bonds is 4. The smallest absolute Gasteiger partial charge is 0.335 e. The summed E-state index contributed by atoms with van der Waals surface area (Å²) in [6.45, 7) is -0.0942. The van der Waals surface area contributed by atoms with E-state index in [-0.39, 0.29) is 12.2 Å². The maximum absolute atomic E-state index is 10.9. The fourth-order valence-corrected chi connectivity index (χ4v) is 1.84. The van der Waals surface area contributed by atoms with Crippen molar-refractivity contribution in [3.8, 4) is 0 Å². The van der Waals surface area contributed by atoms with Crippen LogP contribution in [0.4, 0.5) is 0 Å². The van der Waals surface area contributed by atoms with Gasteiger partial charge in [-0.3, -0.25) is 4.68 Å². The van der Waals surface area contributed by atoms with Gasteiger partial charge in [0, 0.05) is 19.2 Å². The average Bonchev–Trinajstić information content (AvgIpc) is 2.70.